The zero-order valence-electron chi connectivity index (χ0n) is 14.4. The molecule has 1 aromatic carbocycles. The number of benzene rings is 1. The first-order valence-corrected chi connectivity index (χ1v) is 8.43. The van der Waals surface area contributed by atoms with Crippen molar-refractivity contribution in [3.63, 3.8) is 0 Å². The maximum Gasteiger partial charge on any atom is 0.417 e. The second-order valence-corrected chi connectivity index (χ2v) is 6.77. The Hall–Kier alpha value is -2.05. The number of nitrogens with zero attached hydrogens (tertiary/aromatic N) is 1. The van der Waals surface area contributed by atoms with Crippen molar-refractivity contribution in [2.24, 2.45) is 5.92 Å². The molecule has 1 aliphatic heterocycles. The molecule has 0 saturated carbocycles. The van der Waals surface area contributed by atoms with Gasteiger partial charge in [-0.3, -0.25) is 9.59 Å². The quantitative estimate of drug-likeness (QED) is 0.898. The highest BCUT2D eigenvalue weighted by atomic mass is 19.4. The van der Waals surface area contributed by atoms with Gasteiger partial charge in [0.2, 0.25) is 5.91 Å². The fraction of sp³-hybridized carbons (Fsp3) is 0.556. The van der Waals surface area contributed by atoms with Crippen LogP contribution < -0.4 is 5.32 Å². The van der Waals surface area contributed by atoms with Crippen molar-refractivity contribution in [1.82, 2.24) is 10.2 Å². The molecule has 0 spiro atoms. The summed E-state index contributed by atoms with van der Waals surface area (Å²) in [7, 11) is 0. The lowest BCUT2D eigenvalue weighted by Crippen LogP contribution is -2.47. The van der Waals surface area contributed by atoms with E-state index in [4.69, 9.17) is 0 Å². The van der Waals surface area contributed by atoms with Gasteiger partial charge in [-0.1, -0.05) is 26.0 Å². The molecule has 0 radical (unpaired) electrons. The zero-order chi connectivity index (χ0) is 18.6. The molecule has 1 aromatic rings. The molecule has 2 amide bonds. The van der Waals surface area contributed by atoms with Crippen molar-refractivity contribution in [2.45, 2.75) is 45.3 Å². The first-order valence-electron chi connectivity index (χ1n) is 8.43. The van der Waals surface area contributed by atoms with Gasteiger partial charge < -0.3 is 10.2 Å². The molecular formula is C18H23F3N2O2. The highest BCUT2D eigenvalue weighted by Crippen LogP contribution is 2.31. The molecule has 2 rings (SSSR count). The lowest BCUT2D eigenvalue weighted by atomic mass is 10.0. The van der Waals surface area contributed by atoms with Crippen LogP contribution in [0.3, 0.4) is 0 Å². The van der Waals surface area contributed by atoms with Gasteiger partial charge in [0, 0.05) is 25.6 Å². The smallest absolute Gasteiger partial charge is 0.349 e. The van der Waals surface area contributed by atoms with E-state index in [0.29, 0.717) is 32.4 Å². The number of carbonyl (C=O) groups excluding carboxylic acids is 2. The number of halogens is 3. The van der Waals surface area contributed by atoms with E-state index in [1.807, 2.05) is 13.8 Å². The summed E-state index contributed by atoms with van der Waals surface area (Å²) in [6, 6.07) is 4.54. The third kappa shape index (κ3) is 5.21. The molecule has 4 nitrogen and oxygen atoms in total. The second-order valence-electron chi connectivity index (χ2n) is 6.77. The van der Waals surface area contributed by atoms with E-state index in [1.54, 1.807) is 4.90 Å². The summed E-state index contributed by atoms with van der Waals surface area (Å²) in [4.78, 5) is 26.0. The van der Waals surface area contributed by atoms with Gasteiger partial charge in [-0.15, -0.1) is 0 Å². The summed E-state index contributed by atoms with van der Waals surface area (Å²) in [6.45, 7) is 4.97. The molecule has 1 aliphatic rings. The molecule has 138 valence electrons. The summed E-state index contributed by atoms with van der Waals surface area (Å²) < 4.78 is 39.0. The Morgan fingerprint density at radius 2 is 1.80 bits per heavy atom. The van der Waals surface area contributed by atoms with Crippen LogP contribution in [0.5, 0.6) is 0 Å². The van der Waals surface area contributed by atoms with Crippen molar-refractivity contribution in [3.8, 4) is 0 Å². The van der Waals surface area contributed by atoms with Crippen molar-refractivity contribution in [1.29, 1.82) is 0 Å². The summed E-state index contributed by atoms with van der Waals surface area (Å²) in [5, 5.41) is 2.67. The van der Waals surface area contributed by atoms with E-state index in [9.17, 15) is 22.8 Å². The fourth-order valence-corrected chi connectivity index (χ4v) is 2.94. The third-order valence-electron chi connectivity index (χ3n) is 4.24. The molecule has 0 bridgehead atoms. The summed E-state index contributed by atoms with van der Waals surface area (Å²) in [6.07, 6.45) is -3.00. The Kier molecular flexibility index (Phi) is 6.08. The topological polar surface area (TPSA) is 49.4 Å². The number of hydrogen-bond acceptors (Lipinski definition) is 2. The first kappa shape index (κ1) is 19.3. The van der Waals surface area contributed by atoms with Crippen molar-refractivity contribution >= 4 is 11.8 Å². The van der Waals surface area contributed by atoms with Gasteiger partial charge in [0.1, 0.15) is 0 Å². The van der Waals surface area contributed by atoms with Gasteiger partial charge in [-0.25, -0.2) is 0 Å². The summed E-state index contributed by atoms with van der Waals surface area (Å²) in [5.74, 6) is -0.356. The zero-order valence-corrected chi connectivity index (χ0v) is 14.4. The van der Waals surface area contributed by atoms with Crippen molar-refractivity contribution in [2.75, 3.05) is 13.1 Å². The van der Waals surface area contributed by atoms with Crippen LogP contribution in [0.25, 0.3) is 0 Å². The van der Waals surface area contributed by atoms with Crippen LogP contribution in [0.4, 0.5) is 13.2 Å². The largest absolute Gasteiger partial charge is 0.417 e. The molecule has 0 unspecified atom stereocenters. The summed E-state index contributed by atoms with van der Waals surface area (Å²) in [5.41, 5.74) is -1.30. The van der Waals surface area contributed by atoms with E-state index in [1.165, 1.54) is 18.2 Å². The SMILES string of the molecule is CC(C)CC(=O)N1CCC(NC(=O)c2ccccc2C(F)(F)F)CC1. The Bertz CT molecular complexity index is 621. The van der Waals surface area contributed by atoms with Gasteiger partial charge in [0.15, 0.2) is 0 Å². The number of alkyl halides is 3. The molecule has 0 aromatic heterocycles. The predicted molar refractivity (Wildman–Crippen MR) is 88.0 cm³/mol. The lowest BCUT2D eigenvalue weighted by Gasteiger charge is -2.33. The average molecular weight is 356 g/mol. The van der Waals surface area contributed by atoms with Crippen LogP contribution in [0.15, 0.2) is 24.3 Å². The van der Waals surface area contributed by atoms with E-state index in [2.05, 4.69) is 5.32 Å². The van der Waals surface area contributed by atoms with E-state index < -0.39 is 17.6 Å². The van der Waals surface area contributed by atoms with Crippen LogP contribution in [0.2, 0.25) is 0 Å². The predicted octanol–water partition coefficient (Wildman–Crippen LogP) is 3.47. The summed E-state index contributed by atoms with van der Waals surface area (Å²) >= 11 is 0. The van der Waals surface area contributed by atoms with Gasteiger partial charge in [0.05, 0.1) is 11.1 Å². The van der Waals surface area contributed by atoms with E-state index in [-0.39, 0.29) is 23.4 Å². The molecule has 1 saturated heterocycles. The second kappa shape index (κ2) is 7.89. The molecule has 1 fully saturated rings. The number of likely N-dealkylation sites (tertiary alicyclic amines) is 1. The molecule has 1 heterocycles. The lowest BCUT2D eigenvalue weighted by molar-refractivity contribution is -0.138. The molecule has 1 N–H and O–H groups in total. The molecule has 0 atom stereocenters. The Morgan fingerprint density at radius 1 is 1.20 bits per heavy atom. The number of nitrogens with one attached hydrogen (secondary N) is 1. The molecule has 25 heavy (non-hydrogen) atoms. The molecular weight excluding hydrogens is 333 g/mol. The van der Waals surface area contributed by atoms with Crippen LogP contribution in [0.1, 0.15) is 49.0 Å². The highest BCUT2D eigenvalue weighted by molar-refractivity contribution is 5.96. The Balaban J connectivity index is 1.95. The standard InChI is InChI=1S/C18H23F3N2O2/c1-12(2)11-16(24)23-9-7-13(8-10-23)22-17(25)14-5-3-4-6-15(14)18(19,20)21/h3-6,12-13H,7-11H2,1-2H3,(H,22,25). The number of piperidine rings is 1. The van der Waals surface area contributed by atoms with Crippen LogP contribution in [-0.2, 0) is 11.0 Å². The van der Waals surface area contributed by atoms with E-state index in [0.717, 1.165) is 6.07 Å². The Labute approximate surface area is 145 Å². The minimum Gasteiger partial charge on any atom is -0.349 e. The molecule has 0 aliphatic carbocycles. The number of rotatable bonds is 4. The van der Waals surface area contributed by atoms with Gasteiger partial charge in [0.25, 0.3) is 5.91 Å². The minimum absolute atomic E-state index is 0.0854. The minimum atomic E-state index is -4.57. The van der Waals surface area contributed by atoms with Crippen LogP contribution in [0, 0.1) is 5.92 Å². The van der Waals surface area contributed by atoms with Crippen LogP contribution in [-0.4, -0.2) is 35.8 Å². The van der Waals surface area contributed by atoms with E-state index >= 15 is 0 Å². The van der Waals surface area contributed by atoms with Gasteiger partial charge in [-0.05, 0) is 30.9 Å². The first-order chi connectivity index (χ1) is 11.7. The number of amides is 2. The molecule has 7 heteroatoms. The maximum atomic E-state index is 13.0. The Morgan fingerprint density at radius 3 is 2.36 bits per heavy atom. The average Bonchev–Trinajstić information content (AvgIpc) is 2.54. The van der Waals surface area contributed by atoms with Crippen molar-refractivity contribution in [3.05, 3.63) is 35.4 Å². The maximum absolute atomic E-state index is 13.0. The monoisotopic (exact) mass is 356 g/mol. The normalized spacial score (nSPS) is 16.2. The number of hydrogen-bond donors (Lipinski definition) is 1. The van der Waals surface area contributed by atoms with Gasteiger partial charge >= 0.3 is 6.18 Å². The fourth-order valence-electron chi connectivity index (χ4n) is 2.94. The third-order valence-corrected chi connectivity index (χ3v) is 4.24. The number of carbonyl (C=O) groups is 2. The van der Waals surface area contributed by atoms with Gasteiger partial charge in [-0.2, -0.15) is 13.2 Å². The van der Waals surface area contributed by atoms with Crippen LogP contribution >= 0.6 is 0 Å². The van der Waals surface area contributed by atoms with Crippen molar-refractivity contribution < 1.29 is 22.8 Å². The highest BCUT2D eigenvalue weighted by Gasteiger charge is 2.35.